The first-order chi connectivity index (χ1) is 6.61. The number of amidine groups is 1. The van der Waals surface area contributed by atoms with Crippen LogP contribution < -0.4 is 5.73 Å². The Bertz CT molecular complexity index is 370. The van der Waals surface area contributed by atoms with Crippen molar-refractivity contribution in [1.82, 2.24) is 0 Å². The zero-order chi connectivity index (χ0) is 10.6. The van der Waals surface area contributed by atoms with E-state index in [2.05, 4.69) is 9.99 Å². The van der Waals surface area contributed by atoms with Crippen LogP contribution in [-0.4, -0.2) is 17.6 Å². The number of Topliss-reactive ketones (excluding diaryl/α,β-unsaturated/α-hetero) is 1. The van der Waals surface area contributed by atoms with Crippen molar-refractivity contribution in [2.75, 3.05) is 0 Å². The van der Waals surface area contributed by atoms with E-state index in [9.17, 15) is 9.59 Å². The van der Waals surface area contributed by atoms with Gasteiger partial charge in [-0.05, 0) is 11.4 Å². The first kappa shape index (κ1) is 10.4. The second-order valence-corrected chi connectivity index (χ2v) is 3.34. The average Bonchev–Trinajstić information content (AvgIpc) is 2.66. The summed E-state index contributed by atoms with van der Waals surface area (Å²) < 4.78 is 0. The number of carbonyl (C=O) groups is 2. The first-order valence-electron chi connectivity index (χ1n) is 3.70. The predicted octanol–water partition coefficient (Wildman–Crippen LogP) is 0.501. The number of hydrogen-bond donors (Lipinski definition) is 1. The maximum Gasteiger partial charge on any atom is 0.400 e. The van der Waals surface area contributed by atoms with Crippen LogP contribution in [0.25, 0.3) is 0 Å². The van der Waals surface area contributed by atoms with E-state index in [-0.39, 0.29) is 5.84 Å². The molecule has 0 amide bonds. The summed E-state index contributed by atoms with van der Waals surface area (Å²) in [6.07, 6.45) is 0. The predicted molar refractivity (Wildman–Crippen MR) is 51.8 cm³/mol. The molecule has 1 heterocycles. The van der Waals surface area contributed by atoms with E-state index in [4.69, 9.17) is 5.73 Å². The molecule has 0 bridgehead atoms. The Kier molecular flexibility index (Phi) is 3.35. The molecule has 74 valence electrons. The van der Waals surface area contributed by atoms with Gasteiger partial charge in [-0.25, -0.2) is 4.79 Å². The number of thiophene rings is 1. The molecular weight excluding hydrogens is 204 g/mol. The highest BCUT2D eigenvalue weighted by Crippen LogP contribution is 2.07. The van der Waals surface area contributed by atoms with Gasteiger partial charge >= 0.3 is 5.97 Å². The van der Waals surface area contributed by atoms with E-state index >= 15 is 0 Å². The topological polar surface area (TPSA) is 81.8 Å². The van der Waals surface area contributed by atoms with Crippen LogP contribution in [0.5, 0.6) is 0 Å². The van der Waals surface area contributed by atoms with E-state index in [1.54, 1.807) is 12.1 Å². The number of ketones is 1. The minimum absolute atomic E-state index is 0.0783. The molecule has 1 aromatic rings. The molecule has 0 aromatic carbocycles. The summed E-state index contributed by atoms with van der Waals surface area (Å²) in [4.78, 5) is 26.1. The van der Waals surface area contributed by atoms with Crippen molar-refractivity contribution in [2.24, 2.45) is 10.9 Å². The minimum Gasteiger partial charge on any atom is -0.380 e. The molecule has 0 aliphatic carbocycles. The van der Waals surface area contributed by atoms with Crippen molar-refractivity contribution < 1.29 is 14.4 Å². The maximum atomic E-state index is 10.7. The fourth-order valence-corrected chi connectivity index (χ4v) is 1.24. The number of nitrogens with two attached hydrogens (primary N) is 1. The minimum atomic E-state index is -1.02. The van der Waals surface area contributed by atoms with E-state index in [0.717, 1.165) is 6.92 Å². The number of rotatable bonds is 3. The molecule has 2 N–H and O–H groups in total. The molecule has 14 heavy (non-hydrogen) atoms. The lowest BCUT2D eigenvalue weighted by Gasteiger charge is -1.95. The highest BCUT2D eigenvalue weighted by atomic mass is 32.1. The van der Waals surface area contributed by atoms with Crippen LogP contribution in [0.1, 0.15) is 11.8 Å². The molecule has 0 aliphatic rings. The van der Waals surface area contributed by atoms with Gasteiger partial charge in [-0.3, -0.25) is 4.79 Å². The fourth-order valence-electron chi connectivity index (χ4n) is 0.624. The lowest BCUT2D eigenvalue weighted by Crippen LogP contribution is -2.16. The lowest BCUT2D eigenvalue weighted by molar-refractivity contribution is -0.152. The summed E-state index contributed by atoms with van der Waals surface area (Å²) in [6.45, 7) is 1.10. The second kappa shape index (κ2) is 4.52. The van der Waals surface area contributed by atoms with Crippen LogP contribution in [0.15, 0.2) is 22.7 Å². The van der Waals surface area contributed by atoms with Crippen LogP contribution in [0, 0.1) is 0 Å². The van der Waals surface area contributed by atoms with Gasteiger partial charge < -0.3 is 10.6 Å². The fraction of sp³-hybridized carbons (Fsp3) is 0.125. The van der Waals surface area contributed by atoms with Crippen molar-refractivity contribution in [2.45, 2.75) is 6.92 Å². The molecule has 6 heteroatoms. The largest absolute Gasteiger partial charge is 0.400 e. The zero-order valence-electron chi connectivity index (χ0n) is 7.39. The van der Waals surface area contributed by atoms with Crippen molar-refractivity contribution in [3.63, 3.8) is 0 Å². The molecule has 0 aliphatic heterocycles. The van der Waals surface area contributed by atoms with Crippen molar-refractivity contribution in [3.05, 3.63) is 22.4 Å². The summed E-state index contributed by atoms with van der Waals surface area (Å²) >= 11 is 1.36. The molecule has 0 unspecified atom stereocenters. The quantitative estimate of drug-likeness (QED) is 0.260. The summed E-state index contributed by atoms with van der Waals surface area (Å²) in [5.41, 5.74) is 5.46. The monoisotopic (exact) mass is 212 g/mol. The van der Waals surface area contributed by atoms with Gasteiger partial charge in [0.15, 0.2) is 5.84 Å². The molecule has 0 atom stereocenters. The standard InChI is InChI=1S/C8H8N2O3S/c1-5(11)8(12)13-10-7(9)6-3-2-4-14-6/h2-4H,1H3,(H2,9,10). The third-order valence-corrected chi connectivity index (χ3v) is 2.18. The van der Waals surface area contributed by atoms with E-state index < -0.39 is 11.8 Å². The smallest absolute Gasteiger partial charge is 0.380 e. The summed E-state index contributed by atoms with van der Waals surface area (Å²) in [5, 5.41) is 5.13. The molecule has 1 rings (SSSR count). The van der Waals surface area contributed by atoms with Gasteiger partial charge in [-0.1, -0.05) is 11.2 Å². The van der Waals surface area contributed by atoms with Gasteiger partial charge in [0.05, 0.1) is 4.88 Å². The van der Waals surface area contributed by atoms with Crippen LogP contribution >= 0.6 is 11.3 Å². The maximum absolute atomic E-state index is 10.7. The molecule has 5 nitrogen and oxygen atoms in total. The molecule has 0 saturated carbocycles. The summed E-state index contributed by atoms with van der Waals surface area (Å²) in [7, 11) is 0. The Labute approximate surface area is 84.2 Å². The van der Waals surface area contributed by atoms with Gasteiger partial charge in [0.2, 0.25) is 5.78 Å². The van der Waals surface area contributed by atoms with Crippen LogP contribution in [-0.2, 0) is 14.4 Å². The van der Waals surface area contributed by atoms with E-state index in [0.29, 0.717) is 4.88 Å². The van der Waals surface area contributed by atoms with E-state index in [1.807, 2.05) is 5.38 Å². The van der Waals surface area contributed by atoms with Crippen LogP contribution in [0.2, 0.25) is 0 Å². The Balaban J connectivity index is 2.62. The molecular formula is C8H8N2O3S. The Hall–Kier alpha value is -1.69. The number of hydrogen-bond acceptors (Lipinski definition) is 5. The van der Waals surface area contributed by atoms with Gasteiger partial charge in [0.1, 0.15) is 0 Å². The van der Waals surface area contributed by atoms with Gasteiger partial charge in [-0.15, -0.1) is 11.3 Å². The molecule has 0 spiro atoms. The summed E-state index contributed by atoms with van der Waals surface area (Å²) in [6, 6.07) is 3.51. The van der Waals surface area contributed by atoms with Crippen LogP contribution in [0.4, 0.5) is 0 Å². The SMILES string of the molecule is CC(=O)C(=O)O/N=C(\N)c1cccs1. The highest BCUT2D eigenvalue weighted by Gasteiger charge is 2.09. The van der Waals surface area contributed by atoms with Gasteiger partial charge in [-0.2, -0.15) is 0 Å². The lowest BCUT2D eigenvalue weighted by atomic mass is 10.4. The summed E-state index contributed by atoms with van der Waals surface area (Å²) in [5.74, 6) is -1.66. The second-order valence-electron chi connectivity index (χ2n) is 2.39. The Morgan fingerprint density at radius 2 is 2.29 bits per heavy atom. The molecule has 0 fully saturated rings. The van der Waals surface area contributed by atoms with Gasteiger partial charge in [0, 0.05) is 6.92 Å². The number of nitrogens with zero attached hydrogens (tertiary/aromatic N) is 1. The first-order valence-corrected chi connectivity index (χ1v) is 4.58. The van der Waals surface area contributed by atoms with Crippen molar-refractivity contribution in [1.29, 1.82) is 0 Å². The Morgan fingerprint density at radius 1 is 1.57 bits per heavy atom. The third-order valence-electron chi connectivity index (χ3n) is 1.29. The molecule has 0 radical (unpaired) electrons. The zero-order valence-corrected chi connectivity index (χ0v) is 8.21. The molecule has 0 saturated heterocycles. The number of carbonyl (C=O) groups excluding carboxylic acids is 2. The van der Waals surface area contributed by atoms with Crippen molar-refractivity contribution in [3.8, 4) is 0 Å². The van der Waals surface area contributed by atoms with Crippen molar-refractivity contribution >= 4 is 28.9 Å². The normalized spacial score (nSPS) is 11.1. The number of oxime groups is 1. The molecule has 1 aromatic heterocycles. The Morgan fingerprint density at radius 3 is 2.79 bits per heavy atom. The third kappa shape index (κ3) is 2.67. The van der Waals surface area contributed by atoms with Gasteiger partial charge in [0.25, 0.3) is 0 Å². The van der Waals surface area contributed by atoms with E-state index in [1.165, 1.54) is 11.3 Å². The van der Waals surface area contributed by atoms with Crippen LogP contribution in [0.3, 0.4) is 0 Å². The highest BCUT2D eigenvalue weighted by molar-refractivity contribution is 7.12. The average molecular weight is 212 g/mol.